The third kappa shape index (κ3) is 4.24. The lowest BCUT2D eigenvalue weighted by Gasteiger charge is -2.34. The molecular weight excluding hydrogens is 432 g/mol. The van der Waals surface area contributed by atoms with Crippen LogP contribution >= 0.6 is 11.8 Å². The number of hydrazone groups is 1. The van der Waals surface area contributed by atoms with Crippen molar-refractivity contribution in [1.82, 2.24) is 10.3 Å². The maximum Gasteiger partial charge on any atom is 0.276 e. The maximum absolute atomic E-state index is 13.3. The standard InChI is InChI=1S/C26H24N4O2S/c1-3-32-22-11-7-5-9-20(22)24-27-21-10-6-4-8-19(21)23-25(31)28-26(29-30(23)24)33-16-18-14-12-17(2)13-15-18/h4-15,24H,3,16H2,1-2H3,(H,28,29,31)/t24-/m1/s1. The number of nitrogens with zero attached hydrogens (tertiary/aromatic N) is 3. The number of para-hydroxylation sites is 2. The molecule has 33 heavy (non-hydrogen) atoms. The van der Waals surface area contributed by atoms with Crippen LogP contribution in [0.4, 0.5) is 0 Å². The molecule has 7 heteroatoms. The van der Waals surface area contributed by atoms with Gasteiger partial charge >= 0.3 is 0 Å². The summed E-state index contributed by atoms with van der Waals surface area (Å²) in [5, 5.41) is 11.6. The molecule has 3 aromatic carbocycles. The number of amides is 1. The quantitative estimate of drug-likeness (QED) is 0.639. The normalized spacial score (nSPS) is 16.8. The first-order valence-electron chi connectivity index (χ1n) is 10.9. The van der Waals surface area contributed by atoms with Crippen LogP contribution in [0.3, 0.4) is 0 Å². The molecule has 2 aliphatic rings. The first-order chi connectivity index (χ1) is 16.1. The summed E-state index contributed by atoms with van der Waals surface area (Å²) in [5.41, 5.74) is 3.75. The Kier molecular flexibility index (Phi) is 5.88. The van der Waals surface area contributed by atoms with Crippen molar-refractivity contribution in [2.24, 2.45) is 10.1 Å². The van der Waals surface area contributed by atoms with Gasteiger partial charge in [-0.15, -0.1) is 5.10 Å². The van der Waals surface area contributed by atoms with E-state index in [1.165, 1.54) is 22.9 Å². The number of fused-ring (bicyclic) bond motifs is 2. The van der Waals surface area contributed by atoms with E-state index in [4.69, 9.17) is 14.8 Å². The summed E-state index contributed by atoms with van der Waals surface area (Å²) >= 11 is 1.50. The molecule has 0 fully saturated rings. The number of hydrogen-bond acceptors (Lipinski definition) is 6. The highest BCUT2D eigenvalue weighted by molar-refractivity contribution is 8.13. The highest BCUT2D eigenvalue weighted by Crippen LogP contribution is 2.35. The van der Waals surface area contributed by atoms with Gasteiger partial charge in [0.05, 0.1) is 12.0 Å². The summed E-state index contributed by atoms with van der Waals surface area (Å²) in [5.74, 6) is 1.26. The Morgan fingerprint density at radius 2 is 1.79 bits per heavy atom. The predicted octanol–water partition coefficient (Wildman–Crippen LogP) is 3.47. The fraction of sp³-hybridized carbons (Fsp3) is 0.192. The second-order valence-electron chi connectivity index (χ2n) is 7.82. The van der Waals surface area contributed by atoms with Crippen molar-refractivity contribution < 1.29 is 9.53 Å². The van der Waals surface area contributed by atoms with Crippen LogP contribution in [0.5, 0.6) is 5.75 Å². The first-order valence-corrected chi connectivity index (χ1v) is 11.9. The summed E-state index contributed by atoms with van der Waals surface area (Å²) in [7, 11) is 0. The molecule has 6 nitrogen and oxygen atoms in total. The Morgan fingerprint density at radius 1 is 1.03 bits per heavy atom. The van der Waals surface area contributed by atoms with Crippen molar-refractivity contribution >= 4 is 28.5 Å². The molecule has 0 bridgehead atoms. The Morgan fingerprint density at radius 3 is 2.61 bits per heavy atom. The lowest BCUT2D eigenvalue weighted by atomic mass is 10.1. The van der Waals surface area contributed by atoms with E-state index >= 15 is 0 Å². The van der Waals surface area contributed by atoms with Gasteiger partial charge in [0, 0.05) is 16.5 Å². The average Bonchev–Trinajstić information content (AvgIpc) is 2.83. The number of carbonyl (C=O) groups is 1. The van der Waals surface area contributed by atoms with Crippen LogP contribution in [-0.2, 0) is 10.5 Å². The molecule has 1 N–H and O–H groups in total. The molecule has 0 spiro atoms. The number of amidine groups is 1. The minimum Gasteiger partial charge on any atom is -0.493 e. The number of benzene rings is 3. The zero-order valence-electron chi connectivity index (χ0n) is 18.5. The molecule has 0 unspecified atom stereocenters. The number of nitrogens with one attached hydrogen (secondary N) is 1. The number of ether oxygens (including phenoxy) is 1. The summed E-state index contributed by atoms with van der Waals surface area (Å²) in [6.45, 7) is 4.56. The Labute approximate surface area is 196 Å². The van der Waals surface area contributed by atoms with Crippen molar-refractivity contribution in [3.63, 3.8) is 0 Å². The van der Waals surface area contributed by atoms with Gasteiger partial charge in [-0.2, -0.15) is 0 Å². The van der Waals surface area contributed by atoms with Gasteiger partial charge in [-0.1, -0.05) is 78.0 Å². The minimum absolute atomic E-state index is 0.183. The van der Waals surface area contributed by atoms with Crippen LogP contribution in [0.1, 0.15) is 29.8 Å². The fourth-order valence-corrected chi connectivity index (χ4v) is 4.72. The lowest BCUT2D eigenvalue weighted by molar-refractivity contribution is -0.116. The van der Waals surface area contributed by atoms with Crippen molar-refractivity contribution in [2.45, 2.75) is 25.8 Å². The summed E-state index contributed by atoms with van der Waals surface area (Å²) in [6.07, 6.45) is -0.501. The van der Waals surface area contributed by atoms with Gasteiger partial charge in [-0.05, 0) is 31.5 Å². The van der Waals surface area contributed by atoms with E-state index in [0.29, 0.717) is 23.2 Å². The fourth-order valence-electron chi connectivity index (χ4n) is 3.91. The SMILES string of the molecule is CCOc1ccccc1[C@@H]1N=c2ccccc2=C2C(=O)NC(SCc3ccc(C)cc3)=NN21. The second kappa shape index (κ2) is 9.11. The molecule has 3 aromatic rings. The molecule has 0 aromatic heterocycles. The molecule has 0 saturated heterocycles. The van der Waals surface area contributed by atoms with Crippen molar-refractivity contribution in [3.8, 4) is 5.75 Å². The van der Waals surface area contributed by atoms with Gasteiger partial charge in [0.1, 0.15) is 11.4 Å². The number of carbonyl (C=O) groups excluding carboxylic acids is 1. The molecule has 2 heterocycles. The van der Waals surface area contributed by atoms with Crippen molar-refractivity contribution in [3.05, 3.63) is 100 Å². The van der Waals surface area contributed by atoms with Crippen molar-refractivity contribution in [2.75, 3.05) is 6.61 Å². The van der Waals surface area contributed by atoms with E-state index in [-0.39, 0.29) is 5.91 Å². The van der Waals surface area contributed by atoms with Gasteiger partial charge < -0.3 is 4.74 Å². The zero-order chi connectivity index (χ0) is 22.8. The van der Waals surface area contributed by atoms with Gasteiger partial charge in [0.2, 0.25) is 0 Å². The third-order valence-corrected chi connectivity index (χ3v) is 6.44. The van der Waals surface area contributed by atoms with E-state index in [1.807, 2.05) is 55.5 Å². The highest BCUT2D eigenvalue weighted by Gasteiger charge is 2.35. The first kappa shape index (κ1) is 21.3. The van der Waals surface area contributed by atoms with Crippen LogP contribution in [-0.4, -0.2) is 22.7 Å². The van der Waals surface area contributed by atoms with Crippen molar-refractivity contribution in [1.29, 1.82) is 0 Å². The van der Waals surface area contributed by atoms with Gasteiger partial charge in [0.15, 0.2) is 11.3 Å². The van der Waals surface area contributed by atoms with E-state index in [9.17, 15) is 4.79 Å². The van der Waals surface area contributed by atoms with E-state index in [0.717, 1.165) is 21.9 Å². The molecule has 1 atom stereocenters. The molecule has 5 rings (SSSR count). The van der Waals surface area contributed by atoms with E-state index in [2.05, 4.69) is 36.5 Å². The summed E-state index contributed by atoms with van der Waals surface area (Å²) in [6, 6.07) is 23.8. The van der Waals surface area contributed by atoms with E-state index in [1.54, 1.807) is 5.01 Å². The molecule has 0 radical (unpaired) electrons. The lowest BCUT2D eigenvalue weighted by Crippen LogP contribution is -2.50. The maximum atomic E-state index is 13.3. The minimum atomic E-state index is -0.501. The number of rotatable bonds is 5. The third-order valence-electron chi connectivity index (χ3n) is 5.51. The monoisotopic (exact) mass is 456 g/mol. The highest BCUT2D eigenvalue weighted by atomic mass is 32.2. The summed E-state index contributed by atoms with van der Waals surface area (Å²) in [4.78, 5) is 18.3. The molecule has 2 aliphatic heterocycles. The van der Waals surface area contributed by atoms with Crippen LogP contribution in [0.15, 0.2) is 82.9 Å². The topological polar surface area (TPSA) is 66.3 Å². The Hall–Kier alpha value is -3.58. The largest absolute Gasteiger partial charge is 0.493 e. The smallest absolute Gasteiger partial charge is 0.276 e. The zero-order valence-corrected chi connectivity index (χ0v) is 19.3. The molecule has 0 saturated carbocycles. The van der Waals surface area contributed by atoms with Crippen LogP contribution in [0, 0.1) is 6.92 Å². The van der Waals surface area contributed by atoms with Crippen LogP contribution in [0.2, 0.25) is 0 Å². The predicted molar refractivity (Wildman–Crippen MR) is 131 cm³/mol. The molecule has 166 valence electrons. The number of thioether (sulfide) groups is 1. The molecule has 0 aliphatic carbocycles. The van der Waals surface area contributed by atoms with Gasteiger partial charge in [-0.25, -0.2) is 5.01 Å². The Bertz CT molecular complexity index is 1350. The number of aryl methyl sites for hydroxylation is 1. The van der Waals surface area contributed by atoms with Crippen LogP contribution in [0.25, 0.3) is 5.70 Å². The summed E-state index contributed by atoms with van der Waals surface area (Å²) < 4.78 is 5.88. The molecular formula is C26H24N4O2S. The van der Waals surface area contributed by atoms with E-state index < -0.39 is 6.17 Å². The second-order valence-corrected chi connectivity index (χ2v) is 8.78. The molecule has 1 amide bonds. The average molecular weight is 457 g/mol. The van der Waals surface area contributed by atoms with Gasteiger partial charge in [0.25, 0.3) is 5.91 Å². The van der Waals surface area contributed by atoms with Gasteiger partial charge in [-0.3, -0.25) is 15.1 Å². The van der Waals surface area contributed by atoms with Crippen LogP contribution < -0.4 is 20.6 Å². The Balaban J connectivity index is 1.57. The number of hydrogen-bond donors (Lipinski definition) is 1.